The third kappa shape index (κ3) is 7.01. The lowest BCUT2D eigenvalue weighted by molar-refractivity contribution is 0.0604. The molecule has 0 bridgehead atoms. The van der Waals surface area contributed by atoms with E-state index < -0.39 is 6.10 Å². The van der Waals surface area contributed by atoms with Gasteiger partial charge in [-0.15, -0.1) is 0 Å². The summed E-state index contributed by atoms with van der Waals surface area (Å²) in [6.07, 6.45) is 1.07. The van der Waals surface area contributed by atoms with Crippen molar-refractivity contribution in [1.82, 2.24) is 4.90 Å². The van der Waals surface area contributed by atoms with Crippen LogP contribution in [0.1, 0.15) is 37.7 Å². The summed E-state index contributed by atoms with van der Waals surface area (Å²) in [6.45, 7) is 8.72. The van der Waals surface area contributed by atoms with Crippen LogP contribution in [0.3, 0.4) is 0 Å². The van der Waals surface area contributed by atoms with Crippen molar-refractivity contribution in [1.29, 1.82) is 0 Å². The molecule has 1 atom stereocenters. The fourth-order valence-corrected chi connectivity index (χ4v) is 3.51. The Bertz CT molecular complexity index is 884. The van der Waals surface area contributed by atoms with Gasteiger partial charge in [0.1, 0.15) is 24.2 Å². The molecular weight excluding hydrogens is 442 g/mol. The van der Waals surface area contributed by atoms with Crippen molar-refractivity contribution in [2.75, 3.05) is 13.2 Å². The van der Waals surface area contributed by atoms with Gasteiger partial charge in [0.2, 0.25) is 0 Å². The Hall–Kier alpha value is -2.08. The molecule has 0 spiro atoms. The molecule has 160 valence electrons. The fraction of sp³-hybridized carbons (Fsp3) is 0.360. The number of nitrogens with zero attached hydrogens (tertiary/aromatic N) is 1. The Morgan fingerprint density at radius 3 is 2.30 bits per heavy atom. The zero-order chi connectivity index (χ0) is 21.6. The van der Waals surface area contributed by atoms with E-state index in [-0.39, 0.29) is 12.0 Å². The lowest BCUT2D eigenvalue weighted by Crippen LogP contribution is -2.35. The van der Waals surface area contributed by atoms with E-state index in [1.165, 1.54) is 11.1 Å². The number of hydrogen-bond donors (Lipinski definition) is 1. The standard InChI is InChI=1S/C25H30BrNO3/c1-25(2,3)20-8-6-19(7-9-20)15-27(17-24-5-4-14-29-24)16-22(28)18-30-23-12-10-21(26)11-13-23/h4-14,22,28H,15-18H2,1-3H3. The van der Waals surface area contributed by atoms with E-state index in [9.17, 15) is 5.11 Å². The van der Waals surface area contributed by atoms with Crippen LogP contribution >= 0.6 is 15.9 Å². The zero-order valence-electron chi connectivity index (χ0n) is 17.8. The summed E-state index contributed by atoms with van der Waals surface area (Å²) in [5, 5.41) is 10.6. The molecule has 4 nitrogen and oxygen atoms in total. The molecule has 1 heterocycles. The van der Waals surface area contributed by atoms with Crippen molar-refractivity contribution >= 4 is 15.9 Å². The third-order valence-corrected chi connectivity index (χ3v) is 5.44. The topological polar surface area (TPSA) is 45.8 Å². The Morgan fingerprint density at radius 2 is 1.70 bits per heavy atom. The van der Waals surface area contributed by atoms with Crippen LogP contribution in [0.2, 0.25) is 0 Å². The van der Waals surface area contributed by atoms with Crippen LogP contribution < -0.4 is 4.74 Å². The number of halogens is 1. The number of aliphatic hydroxyl groups excluding tert-OH is 1. The highest BCUT2D eigenvalue weighted by Gasteiger charge is 2.17. The quantitative estimate of drug-likeness (QED) is 0.429. The smallest absolute Gasteiger partial charge is 0.119 e. The number of hydrogen-bond acceptors (Lipinski definition) is 4. The lowest BCUT2D eigenvalue weighted by Gasteiger charge is -2.25. The van der Waals surface area contributed by atoms with Crippen molar-refractivity contribution in [2.45, 2.75) is 45.4 Å². The van der Waals surface area contributed by atoms with E-state index in [1.54, 1.807) is 6.26 Å². The minimum absolute atomic E-state index is 0.132. The van der Waals surface area contributed by atoms with Crippen LogP contribution in [0.15, 0.2) is 75.8 Å². The molecule has 0 fully saturated rings. The van der Waals surface area contributed by atoms with Crippen molar-refractivity contribution in [3.05, 3.63) is 88.3 Å². The Balaban J connectivity index is 1.62. The minimum Gasteiger partial charge on any atom is -0.491 e. The Kier molecular flexibility index (Phi) is 7.75. The maximum absolute atomic E-state index is 10.6. The predicted molar refractivity (Wildman–Crippen MR) is 124 cm³/mol. The first kappa shape index (κ1) is 22.6. The largest absolute Gasteiger partial charge is 0.491 e. The zero-order valence-corrected chi connectivity index (χ0v) is 19.4. The van der Waals surface area contributed by atoms with E-state index in [1.807, 2.05) is 36.4 Å². The van der Waals surface area contributed by atoms with Crippen LogP contribution in [0.5, 0.6) is 5.75 Å². The number of rotatable bonds is 9. The van der Waals surface area contributed by atoms with Crippen LogP contribution in [0.4, 0.5) is 0 Å². The van der Waals surface area contributed by atoms with Gasteiger partial charge in [0, 0.05) is 17.6 Å². The molecule has 0 saturated carbocycles. The fourth-order valence-electron chi connectivity index (χ4n) is 3.25. The van der Waals surface area contributed by atoms with Gasteiger partial charge >= 0.3 is 0 Å². The summed E-state index contributed by atoms with van der Waals surface area (Å²) < 4.78 is 12.3. The van der Waals surface area contributed by atoms with E-state index in [0.717, 1.165) is 22.5 Å². The molecule has 5 heteroatoms. The third-order valence-electron chi connectivity index (χ3n) is 4.91. The molecule has 1 aromatic heterocycles. The highest BCUT2D eigenvalue weighted by Crippen LogP contribution is 2.23. The van der Waals surface area contributed by atoms with Crippen molar-refractivity contribution < 1.29 is 14.3 Å². The molecule has 3 rings (SSSR count). The highest BCUT2D eigenvalue weighted by molar-refractivity contribution is 9.10. The van der Waals surface area contributed by atoms with E-state index in [4.69, 9.17) is 9.15 Å². The van der Waals surface area contributed by atoms with Gasteiger partial charge in [0.15, 0.2) is 0 Å². The molecule has 1 N–H and O–H groups in total. The monoisotopic (exact) mass is 471 g/mol. The maximum Gasteiger partial charge on any atom is 0.119 e. The summed E-state index contributed by atoms with van der Waals surface area (Å²) in [4.78, 5) is 2.18. The molecular formula is C25H30BrNO3. The Morgan fingerprint density at radius 1 is 1.00 bits per heavy atom. The van der Waals surface area contributed by atoms with E-state index >= 15 is 0 Å². The number of furan rings is 1. The molecule has 0 saturated heterocycles. The maximum atomic E-state index is 10.6. The number of ether oxygens (including phenoxy) is 1. The van der Waals surface area contributed by atoms with Gasteiger partial charge in [-0.1, -0.05) is 61.0 Å². The van der Waals surface area contributed by atoms with Gasteiger partial charge in [-0.3, -0.25) is 4.90 Å². The van der Waals surface area contributed by atoms with E-state index in [0.29, 0.717) is 13.1 Å². The SMILES string of the molecule is CC(C)(C)c1ccc(CN(Cc2ccco2)CC(O)COc2ccc(Br)cc2)cc1. The molecule has 0 aliphatic heterocycles. The second-order valence-corrected chi connectivity index (χ2v) is 9.53. The van der Waals surface area contributed by atoms with Gasteiger partial charge in [-0.25, -0.2) is 0 Å². The summed E-state index contributed by atoms with van der Waals surface area (Å²) in [5.41, 5.74) is 2.65. The van der Waals surface area contributed by atoms with Crippen molar-refractivity contribution in [3.63, 3.8) is 0 Å². The van der Waals surface area contributed by atoms with E-state index in [2.05, 4.69) is 65.9 Å². The van der Waals surface area contributed by atoms with Crippen LogP contribution in [0.25, 0.3) is 0 Å². The predicted octanol–water partition coefficient (Wildman–Crippen LogP) is 5.78. The van der Waals surface area contributed by atoms with Gasteiger partial charge < -0.3 is 14.3 Å². The van der Waals surface area contributed by atoms with Gasteiger partial charge in [-0.2, -0.15) is 0 Å². The normalized spacial score (nSPS) is 12.9. The molecule has 0 amide bonds. The van der Waals surface area contributed by atoms with Crippen LogP contribution in [-0.2, 0) is 18.5 Å². The Labute approximate surface area is 187 Å². The minimum atomic E-state index is -0.613. The first-order valence-corrected chi connectivity index (χ1v) is 11.0. The molecule has 0 aliphatic carbocycles. The summed E-state index contributed by atoms with van der Waals surface area (Å²) in [6, 6.07) is 20.2. The first-order valence-electron chi connectivity index (χ1n) is 10.2. The lowest BCUT2D eigenvalue weighted by atomic mass is 9.87. The van der Waals surface area contributed by atoms with Gasteiger partial charge in [-0.05, 0) is 52.9 Å². The number of aliphatic hydroxyl groups is 1. The second-order valence-electron chi connectivity index (χ2n) is 8.61. The summed E-state index contributed by atoms with van der Waals surface area (Å²) in [5.74, 6) is 1.62. The summed E-state index contributed by atoms with van der Waals surface area (Å²) in [7, 11) is 0. The molecule has 2 aromatic carbocycles. The van der Waals surface area contributed by atoms with Crippen LogP contribution in [-0.4, -0.2) is 29.3 Å². The average Bonchev–Trinajstić information content (AvgIpc) is 3.20. The molecule has 30 heavy (non-hydrogen) atoms. The molecule has 1 unspecified atom stereocenters. The molecule has 3 aromatic rings. The van der Waals surface area contributed by atoms with Crippen molar-refractivity contribution in [3.8, 4) is 5.75 Å². The molecule has 0 aliphatic rings. The van der Waals surface area contributed by atoms with Crippen molar-refractivity contribution in [2.24, 2.45) is 0 Å². The van der Waals surface area contributed by atoms with Crippen LogP contribution in [0, 0.1) is 0 Å². The second kappa shape index (κ2) is 10.3. The summed E-state index contributed by atoms with van der Waals surface area (Å²) >= 11 is 3.41. The first-order chi connectivity index (χ1) is 14.3. The highest BCUT2D eigenvalue weighted by atomic mass is 79.9. The number of benzene rings is 2. The molecule has 0 radical (unpaired) electrons. The van der Waals surface area contributed by atoms with Gasteiger partial charge in [0.25, 0.3) is 0 Å². The van der Waals surface area contributed by atoms with Gasteiger partial charge in [0.05, 0.1) is 12.8 Å². The average molecular weight is 472 g/mol.